The van der Waals surface area contributed by atoms with E-state index in [0.717, 1.165) is 4.90 Å². The van der Waals surface area contributed by atoms with Crippen molar-refractivity contribution in [1.82, 2.24) is 4.90 Å². The highest BCUT2D eigenvalue weighted by Crippen LogP contribution is 2.15. The van der Waals surface area contributed by atoms with Crippen LogP contribution in [-0.4, -0.2) is 65.7 Å². The molecule has 0 spiro atoms. The van der Waals surface area contributed by atoms with Gasteiger partial charge in [-0.3, -0.25) is 4.79 Å². The van der Waals surface area contributed by atoms with Crippen molar-refractivity contribution in [1.29, 1.82) is 0 Å². The van der Waals surface area contributed by atoms with Gasteiger partial charge >= 0.3 is 6.18 Å². The van der Waals surface area contributed by atoms with Crippen molar-refractivity contribution in [2.75, 3.05) is 26.3 Å². The van der Waals surface area contributed by atoms with Crippen molar-refractivity contribution in [2.24, 2.45) is 0 Å². The summed E-state index contributed by atoms with van der Waals surface area (Å²) in [6, 6.07) is 0. The van der Waals surface area contributed by atoms with E-state index in [9.17, 15) is 18.0 Å². The third-order valence-corrected chi connectivity index (χ3v) is 2.10. The molecule has 94 valence electrons. The predicted octanol–water partition coefficient (Wildman–Crippen LogP) is -0.871. The Bertz CT molecular complexity index is 248. The Morgan fingerprint density at radius 3 is 2.25 bits per heavy atom. The number of aliphatic hydroxyl groups excluding tert-OH is 2. The zero-order chi connectivity index (χ0) is 12.3. The van der Waals surface area contributed by atoms with E-state index in [1.165, 1.54) is 0 Å². The molecule has 1 fully saturated rings. The van der Waals surface area contributed by atoms with E-state index in [0.29, 0.717) is 0 Å². The molecular formula is C8H12F3NO4. The third-order valence-electron chi connectivity index (χ3n) is 2.10. The molecule has 2 N–H and O–H groups in total. The van der Waals surface area contributed by atoms with Crippen molar-refractivity contribution in [3.63, 3.8) is 0 Å². The van der Waals surface area contributed by atoms with E-state index in [1.54, 1.807) is 0 Å². The summed E-state index contributed by atoms with van der Waals surface area (Å²) in [7, 11) is 0. The monoisotopic (exact) mass is 243 g/mol. The minimum absolute atomic E-state index is 0.0879. The minimum atomic E-state index is -4.47. The first-order valence-corrected chi connectivity index (χ1v) is 4.58. The van der Waals surface area contributed by atoms with Crippen LogP contribution in [0.2, 0.25) is 0 Å². The molecule has 1 saturated heterocycles. The van der Waals surface area contributed by atoms with Gasteiger partial charge in [0.25, 0.3) is 0 Å². The molecule has 2 atom stereocenters. The quantitative estimate of drug-likeness (QED) is 0.676. The standard InChI is InChI=1S/C8H12F3NO4/c9-8(10,11)4-16-3-7(15)12-1-5(13)6(14)2-12/h5-6,13-14H,1-4H2. The topological polar surface area (TPSA) is 70.0 Å². The molecule has 0 saturated carbocycles. The summed E-state index contributed by atoms with van der Waals surface area (Å²) < 4.78 is 39.2. The third kappa shape index (κ3) is 3.95. The van der Waals surface area contributed by atoms with Crippen LogP contribution in [-0.2, 0) is 9.53 Å². The second-order valence-electron chi connectivity index (χ2n) is 3.54. The molecule has 0 radical (unpaired) electrons. The van der Waals surface area contributed by atoms with E-state index in [2.05, 4.69) is 4.74 Å². The number of amides is 1. The van der Waals surface area contributed by atoms with Crippen molar-refractivity contribution in [3.8, 4) is 0 Å². The predicted molar refractivity (Wildman–Crippen MR) is 45.5 cm³/mol. The maximum Gasteiger partial charge on any atom is 0.411 e. The first-order valence-electron chi connectivity index (χ1n) is 4.58. The van der Waals surface area contributed by atoms with Crippen LogP contribution in [0.25, 0.3) is 0 Å². The number of rotatable bonds is 3. The first-order chi connectivity index (χ1) is 7.29. The van der Waals surface area contributed by atoms with Crippen molar-refractivity contribution in [2.45, 2.75) is 18.4 Å². The Hall–Kier alpha value is -0.860. The zero-order valence-corrected chi connectivity index (χ0v) is 8.28. The maximum absolute atomic E-state index is 11.7. The molecule has 2 unspecified atom stereocenters. The highest BCUT2D eigenvalue weighted by molar-refractivity contribution is 5.77. The zero-order valence-electron chi connectivity index (χ0n) is 8.28. The van der Waals surface area contributed by atoms with Crippen molar-refractivity contribution < 1.29 is 32.9 Å². The van der Waals surface area contributed by atoms with Gasteiger partial charge in [-0.15, -0.1) is 0 Å². The SMILES string of the molecule is O=C(COCC(F)(F)F)N1CC(O)C(O)C1. The number of hydrogen-bond acceptors (Lipinski definition) is 4. The summed E-state index contributed by atoms with van der Waals surface area (Å²) >= 11 is 0. The average molecular weight is 243 g/mol. The van der Waals surface area contributed by atoms with Crippen molar-refractivity contribution in [3.05, 3.63) is 0 Å². The van der Waals surface area contributed by atoms with Gasteiger partial charge < -0.3 is 19.8 Å². The van der Waals surface area contributed by atoms with Gasteiger partial charge in [-0.2, -0.15) is 13.2 Å². The molecule has 0 aromatic carbocycles. The Labute approximate surface area is 89.4 Å². The van der Waals surface area contributed by atoms with Crippen LogP contribution in [0, 0.1) is 0 Å². The molecule has 1 heterocycles. The fraction of sp³-hybridized carbons (Fsp3) is 0.875. The normalized spacial score (nSPS) is 26.2. The summed E-state index contributed by atoms with van der Waals surface area (Å²) in [6.07, 6.45) is -6.57. The fourth-order valence-corrected chi connectivity index (χ4v) is 1.32. The smallest absolute Gasteiger partial charge is 0.388 e. The van der Waals surface area contributed by atoms with Gasteiger partial charge in [0, 0.05) is 13.1 Å². The van der Waals surface area contributed by atoms with Gasteiger partial charge in [0.05, 0.1) is 12.2 Å². The number of carbonyl (C=O) groups excluding carboxylic acids is 1. The first kappa shape index (κ1) is 13.2. The lowest BCUT2D eigenvalue weighted by Crippen LogP contribution is -2.34. The molecule has 0 bridgehead atoms. The van der Waals surface area contributed by atoms with E-state index < -0.39 is 37.5 Å². The lowest BCUT2D eigenvalue weighted by atomic mass is 10.3. The molecule has 8 heteroatoms. The number of likely N-dealkylation sites (tertiary alicyclic amines) is 1. The number of nitrogens with zero attached hydrogens (tertiary/aromatic N) is 1. The van der Waals surface area contributed by atoms with E-state index in [1.807, 2.05) is 0 Å². The molecule has 0 aromatic heterocycles. The Morgan fingerprint density at radius 1 is 1.31 bits per heavy atom. The maximum atomic E-state index is 11.7. The Balaban J connectivity index is 2.26. The largest absolute Gasteiger partial charge is 0.411 e. The highest BCUT2D eigenvalue weighted by Gasteiger charge is 2.33. The van der Waals surface area contributed by atoms with E-state index >= 15 is 0 Å². The highest BCUT2D eigenvalue weighted by atomic mass is 19.4. The molecule has 1 aliphatic rings. The van der Waals surface area contributed by atoms with Crippen molar-refractivity contribution >= 4 is 5.91 Å². The van der Waals surface area contributed by atoms with Crippen LogP contribution in [0.1, 0.15) is 0 Å². The van der Waals surface area contributed by atoms with Gasteiger partial charge in [0.15, 0.2) is 0 Å². The number of alkyl halides is 3. The lowest BCUT2D eigenvalue weighted by Gasteiger charge is -2.15. The molecule has 0 aliphatic carbocycles. The fourth-order valence-electron chi connectivity index (χ4n) is 1.32. The molecule has 1 aliphatic heterocycles. The average Bonchev–Trinajstić information content (AvgIpc) is 2.45. The minimum Gasteiger partial charge on any atom is -0.388 e. The second-order valence-corrected chi connectivity index (χ2v) is 3.54. The Morgan fingerprint density at radius 2 is 1.81 bits per heavy atom. The number of carbonyl (C=O) groups is 1. The van der Waals surface area contributed by atoms with Gasteiger partial charge in [0.2, 0.25) is 5.91 Å². The van der Waals surface area contributed by atoms with Crippen LogP contribution in [0.15, 0.2) is 0 Å². The summed E-state index contributed by atoms with van der Waals surface area (Å²) in [5.41, 5.74) is 0. The summed E-state index contributed by atoms with van der Waals surface area (Å²) in [5, 5.41) is 18.2. The molecule has 1 rings (SSSR count). The van der Waals surface area contributed by atoms with Gasteiger partial charge in [0.1, 0.15) is 13.2 Å². The van der Waals surface area contributed by atoms with Gasteiger partial charge in [-0.1, -0.05) is 0 Å². The Kier molecular flexibility index (Phi) is 4.11. The molecule has 5 nitrogen and oxygen atoms in total. The number of β-amino-alcohol motifs (C(OH)–C–C–N with tert-alkyl or cyclic N) is 2. The van der Waals surface area contributed by atoms with Crippen LogP contribution in [0.4, 0.5) is 13.2 Å². The molecule has 16 heavy (non-hydrogen) atoms. The van der Waals surface area contributed by atoms with Crippen LogP contribution >= 0.6 is 0 Å². The van der Waals surface area contributed by atoms with E-state index in [-0.39, 0.29) is 13.1 Å². The second kappa shape index (κ2) is 4.98. The van der Waals surface area contributed by atoms with Crippen LogP contribution in [0.5, 0.6) is 0 Å². The van der Waals surface area contributed by atoms with Crippen LogP contribution < -0.4 is 0 Å². The number of halogens is 3. The number of ether oxygens (including phenoxy) is 1. The summed E-state index contributed by atoms with van der Waals surface area (Å²) in [5.74, 6) is -0.681. The molecule has 0 aromatic rings. The van der Waals surface area contributed by atoms with E-state index in [4.69, 9.17) is 10.2 Å². The van der Waals surface area contributed by atoms with Crippen LogP contribution in [0.3, 0.4) is 0 Å². The molecule has 1 amide bonds. The summed E-state index contributed by atoms with van der Waals surface area (Å²) in [6.45, 7) is -2.37. The summed E-state index contributed by atoms with van der Waals surface area (Å²) in [4.78, 5) is 12.3. The van der Waals surface area contributed by atoms with Gasteiger partial charge in [-0.05, 0) is 0 Å². The lowest BCUT2D eigenvalue weighted by molar-refractivity contribution is -0.177. The molecular weight excluding hydrogens is 231 g/mol. The number of aliphatic hydroxyl groups is 2. The van der Waals surface area contributed by atoms with Gasteiger partial charge in [-0.25, -0.2) is 0 Å². The number of hydrogen-bond donors (Lipinski definition) is 2.